The van der Waals surface area contributed by atoms with Gasteiger partial charge >= 0.3 is 0 Å². The number of carbonyl (C=O) groups excluding carboxylic acids is 2. The van der Waals surface area contributed by atoms with Crippen LogP contribution < -0.4 is 5.73 Å². The molecule has 0 aromatic heterocycles. The van der Waals surface area contributed by atoms with E-state index < -0.39 is 0 Å². The van der Waals surface area contributed by atoms with Gasteiger partial charge in [-0.15, -0.1) is 0 Å². The van der Waals surface area contributed by atoms with Gasteiger partial charge in [-0.1, -0.05) is 19.3 Å². The van der Waals surface area contributed by atoms with E-state index in [0.29, 0.717) is 17.9 Å². The van der Waals surface area contributed by atoms with Gasteiger partial charge in [0, 0.05) is 37.5 Å². The van der Waals surface area contributed by atoms with E-state index in [0.717, 1.165) is 44.9 Å². The second kappa shape index (κ2) is 9.34. The van der Waals surface area contributed by atoms with Crippen LogP contribution in [0.5, 0.6) is 0 Å². The summed E-state index contributed by atoms with van der Waals surface area (Å²) in [5, 5.41) is 0. The molecule has 1 spiro atoms. The molecule has 1 aliphatic carbocycles. The molecule has 0 aromatic carbocycles. The summed E-state index contributed by atoms with van der Waals surface area (Å²) in [6, 6.07) is 0. The van der Waals surface area contributed by atoms with Crippen molar-refractivity contribution in [2.75, 3.05) is 52.4 Å². The number of piperidine rings is 2. The molecular weight excluding hydrogens is 364 g/mol. The molecule has 3 saturated heterocycles. The summed E-state index contributed by atoms with van der Waals surface area (Å²) in [5.41, 5.74) is 5.65. The number of hydrogen-bond donors (Lipinski definition) is 1. The van der Waals surface area contributed by atoms with Gasteiger partial charge in [-0.2, -0.15) is 0 Å². The largest absolute Gasteiger partial charge is 0.369 e. The molecule has 4 fully saturated rings. The summed E-state index contributed by atoms with van der Waals surface area (Å²) >= 11 is 0. The third-order valence-corrected chi connectivity index (χ3v) is 8.05. The monoisotopic (exact) mass is 404 g/mol. The van der Waals surface area contributed by atoms with Crippen LogP contribution in [0.25, 0.3) is 0 Å². The zero-order chi connectivity index (χ0) is 20.3. The first-order valence-electron chi connectivity index (χ1n) is 12.0. The molecule has 4 rings (SSSR count). The van der Waals surface area contributed by atoms with Crippen LogP contribution in [0.3, 0.4) is 0 Å². The van der Waals surface area contributed by atoms with Crippen molar-refractivity contribution in [3.8, 4) is 0 Å². The Morgan fingerprint density at radius 1 is 0.828 bits per heavy atom. The van der Waals surface area contributed by atoms with Crippen LogP contribution in [-0.4, -0.2) is 78.9 Å². The Bertz CT molecular complexity index is 583. The lowest BCUT2D eigenvalue weighted by molar-refractivity contribution is -0.136. The molecule has 3 heterocycles. The highest BCUT2D eigenvalue weighted by atomic mass is 16.2. The average molecular weight is 405 g/mol. The highest BCUT2D eigenvalue weighted by molar-refractivity contribution is 5.79. The predicted molar refractivity (Wildman–Crippen MR) is 114 cm³/mol. The molecule has 164 valence electrons. The van der Waals surface area contributed by atoms with Crippen LogP contribution in [-0.2, 0) is 9.59 Å². The first-order chi connectivity index (χ1) is 14.0. The van der Waals surface area contributed by atoms with Gasteiger partial charge in [0.05, 0.1) is 6.54 Å². The topological polar surface area (TPSA) is 69.9 Å². The third-order valence-electron chi connectivity index (χ3n) is 8.05. The summed E-state index contributed by atoms with van der Waals surface area (Å²) in [7, 11) is 0. The predicted octanol–water partition coefficient (Wildman–Crippen LogP) is 2.08. The van der Waals surface area contributed by atoms with Crippen LogP contribution in [0.2, 0.25) is 0 Å². The molecule has 1 saturated carbocycles. The minimum atomic E-state index is -0.272. The van der Waals surface area contributed by atoms with E-state index in [-0.39, 0.29) is 11.8 Å². The first-order valence-corrected chi connectivity index (χ1v) is 12.0. The number of nitrogens with two attached hydrogens (primary N) is 1. The van der Waals surface area contributed by atoms with Crippen molar-refractivity contribution in [1.82, 2.24) is 14.7 Å². The molecule has 29 heavy (non-hydrogen) atoms. The molecule has 0 bridgehead atoms. The quantitative estimate of drug-likeness (QED) is 0.762. The molecule has 3 aliphatic heterocycles. The van der Waals surface area contributed by atoms with E-state index in [4.69, 9.17) is 5.73 Å². The lowest BCUT2D eigenvalue weighted by atomic mass is 9.78. The highest BCUT2D eigenvalue weighted by Crippen LogP contribution is 2.40. The Morgan fingerprint density at radius 2 is 1.59 bits per heavy atom. The fraction of sp³-hybridized carbons (Fsp3) is 0.913. The van der Waals surface area contributed by atoms with Crippen LogP contribution in [0.15, 0.2) is 0 Å². The van der Waals surface area contributed by atoms with E-state index in [1.165, 1.54) is 71.0 Å². The molecule has 6 heteroatoms. The lowest BCUT2D eigenvalue weighted by Gasteiger charge is -2.42. The van der Waals surface area contributed by atoms with Gasteiger partial charge in [-0.05, 0) is 70.5 Å². The van der Waals surface area contributed by atoms with E-state index in [9.17, 15) is 9.59 Å². The molecule has 0 radical (unpaired) electrons. The second-order valence-corrected chi connectivity index (χ2v) is 10.4. The van der Waals surface area contributed by atoms with Crippen molar-refractivity contribution in [1.29, 1.82) is 0 Å². The van der Waals surface area contributed by atoms with Gasteiger partial charge < -0.3 is 15.5 Å². The van der Waals surface area contributed by atoms with Crippen LogP contribution in [0, 0.1) is 17.3 Å². The number of nitrogens with zero attached hydrogens (tertiary/aromatic N) is 3. The first kappa shape index (κ1) is 21.1. The van der Waals surface area contributed by atoms with Crippen molar-refractivity contribution in [3.05, 3.63) is 0 Å². The van der Waals surface area contributed by atoms with Gasteiger partial charge in [0.15, 0.2) is 0 Å². The minimum absolute atomic E-state index is 0.135. The van der Waals surface area contributed by atoms with Crippen LogP contribution in [0.4, 0.5) is 0 Å². The number of amides is 2. The van der Waals surface area contributed by atoms with E-state index in [2.05, 4.69) is 14.7 Å². The van der Waals surface area contributed by atoms with Crippen molar-refractivity contribution >= 4 is 11.8 Å². The maximum atomic E-state index is 13.2. The van der Waals surface area contributed by atoms with E-state index in [1.54, 1.807) is 0 Å². The fourth-order valence-electron chi connectivity index (χ4n) is 6.47. The summed E-state index contributed by atoms with van der Waals surface area (Å²) in [5.74, 6) is 1.14. The summed E-state index contributed by atoms with van der Waals surface area (Å²) in [6.07, 6.45) is 12.6. The van der Waals surface area contributed by atoms with Gasteiger partial charge in [0.25, 0.3) is 0 Å². The number of rotatable bonds is 5. The zero-order valence-electron chi connectivity index (χ0n) is 18.1. The Labute approximate surface area is 176 Å². The van der Waals surface area contributed by atoms with Crippen molar-refractivity contribution in [2.24, 2.45) is 23.0 Å². The van der Waals surface area contributed by atoms with E-state index in [1.807, 2.05) is 0 Å². The van der Waals surface area contributed by atoms with Crippen molar-refractivity contribution < 1.29 is 9.59 Å². The number of carbonyl (C=O) groups is 2. The van der Waals surface area contributed by atoms with Crippen molar-refractivity contribution in [2.45, 2.75) is 64.2 Å². The standard InChI is InChI=1S/C23H40N4O2/c24-21(28)16-25-12-7-20(8-13-25)22(29)27-14-10-23(18-27)9-4-11-26(17-23)15-19-5-2-1-3-6-19/h19-20H,1-18H2,(H2,24,28)/t23-/m0/s1. The third kappa shape index (κ3) is 5.32. The summed E-state index contributed by atoms with van der Waals surface area (Å²) in [6.45, 7) is 7.60. The molecule has 2 N–H and O–H groups in total. The molecule has 0 unspecified atom stereocenters. The molecule has 1 atom stereocenters. The second-order valence-electron chi connectivity index (χ2n) is 10.4. The number of primary amides is 1. The van der Waals surface area contributed by atoms with Gasteiger partial charge in [-0.3, -0.25) is 14.5 Å². The normalized spacial score (nSPS) is 30.8. The van der Waals surface area contributed by atoms with Gasteiger partial charge in [0.2, 0.25) is 11.8 Å². The zero-order valence-corrected chi connectivity index (χ0v) is 18.1. The van der Waals surface area contributed by atoms with Gasteiger partial charge in [0.1, 0.15) is 0 Å². The molecule has 0 aromatic rings. The molecule has 2 amide bonds. The van der Waals surface area contributed by atoms with Crippen LogP contribution in [0.1, 0.15) is 64.2 Å². The Kier molecular flexibility index (Phi) is 6.80. The minimum Gasteiger partial charge on any atom is -0.369 e. The SMILES string of the molecule is NC(=O)CN1CCC(C(=O)N2CC[C@]3(CCCN(CC4CCCCC4)C3)C2)CC1. The fourth-order valence-corrected chi connectivity index (χ4v) is 6.47. The molecule has 6 nitrogen and oxygen atoms in total. The van der Waals surface area contributed by atoms with Gasteiger partial charge in [-0.25, -0.2) is 0 Å². The maximum absolute atomic E-state index is 13.2. The smallest absolute Gasteiger partial charge is 0.231 e. The van der Waals surface area contributed by atoms with E-state index >= 15 is 0 Å². The Balaban J connectivity index is 1.26. The number of likely N-dealkylation sites (tertiary alicyclic amines) is 3. The average Bonchev–Trinajstić information content (AvgIpc) is 3.11. The summed E-state index contributed by atoms with van der Waals surface area (Å²) in [4.78, 5) is 31.3. The lowest BCUT2D eigenvalue weighted by Crippen LogP contribution is -2.48. The number of hydrogen-bond acceptors (Lipinski definition) is 4. The van der Waals surface area contributed by atoms with Crippen LogP contribution >= 0.6 is 0 Å². The maximum Gasteiger partial charge on any atom is 0.231 e. The molecular formula is C23H40N4O2. The Morgan fingerprint density at radius 3 is 2.31 bits per heavy atom. The Hall–Kier alpha value is -1.14. The van der Waals surface area contributed by atoms with Crippen molar-refractivity contribution in [3.63, 3.8) is 0 Å². The highest BCUT2D eigenvalue weighted by Gasteiger charge is 2.44. The molecule has 4 aliphatic rings. The summed E-state index contributed by atoms with van der Waals surface area (Å²) < 4.78 is 0.